The van der Waals surface area contributed by atoms with E-state index in [0.717, 1.165) is 19.5 Å². The molecular formula is C18H31F3N4O. The molecule has 26 heavy (non-hydrogen) atoms. The summed E-state index contributed by atoms with van der Waals surface area (Å²) in [7, 11) is 2.82. The molecule has 2 aliphatic rings. The van der Waals surface area contributed by atoms with Gasteiger partial charge >= 0.3 is 6.18 Å². The first kappa shape index (κ1) is 20.8. The number of aliphatic imine (C=N–C) groups is 1. The van der Waals surface area contributed by atoms with Crippen molar-refractivity contribution in [1.29, 1.82) is 0 Å². The van der Waals surface area contributed by atoms with Crippen LogP contribution in [0.3, 0.4) is 0 Å². The summed E-state index contributed by atoms with van der Waals surface area (Å²) in [6.07, 6.45) is 5.52. The van der Waals surface area contributed by atoms with E-state index in [1.165, 1.54) is 52.0 Å². The molecule has 2 fully saturated rings. The number of halogens is 3. The number of likely N-dealkylation sites (tertiary alicyclic amines) is 1. The molecule has 0 unspecified atom stereocenters. The minimum absolute atomic E-state index is 0.178. The SMILES string of the molecule is CN=C(NCC(=O)N(C)CC(F)(F)F)N1CCCC2(CCCCCC2)C1. The molecule has 0 radical (unpaired) electrons. The van der Waals surface area contributed by atoms with E-state index in [1.807, 2.05) is 0 Å². The minimum Gasteiger partial charge on any atom is -0.347 e. The zero-order chi connectivity index (χ0) is 19.2. The number of carbonyl (C=O) groups is 1. The van der Waals surface area contributed by atoms with Gasteiger partial charge in [0.2, 0.25) is 5.91 Å². The second kappa shape index (κ2) is 8.95. The van der Waals surface area contributed by atoms with Crippen LogP contribution in [0.4, 0.5) is 13.2 Å². The maximum absolute atomic E-state index is 12.4. The number of rotatable bonds is 3. The number of nitrogens with one attached hydrogen (secondary N) is 1. The Kier molecular flexibility index (Phi) is 7.17. The molecule has 1 aliphatic heterocycles. The van der Waals surface area contributed by atoms with Gasteiger partial charge in [0.15, 0.2) is 5.96 Å². The van der Waals surface area contributed by atoms with Crippen LogP contribution in [0.5, 0.6) is 0 Å². The third-order valence-corrected chi connectivity index (χ3v) is 5.58. The van der Waals surface area contributed by atoms with Crippen molar-refractivity contribution in [3.8, 4) is 0 Å². The minimum atomic E-state index is -4.38. The smallest absolute Gasteiger partial charge is 0.347 e. The van der Waals surface area contributed by atoms with Crippen LogP contribution in [0.2, 0.25) is 0 Å². The lowest BCUT2D eigenvalue weighted by Gasteiger charge is -2.44. The second-order valence-electron chi connectivity index (χ2n) is 7.71. The fourth-order valence-electron chi connectivity index (χ4n) is 4.25. The van der Waals surface area contributed by atoms with Gasteiger partial charge in [0.25, 0.3) is 0 Å². The first-order valence-electron chi connectivity index (χ1n) is 9.51. The standard InChI is InChI=1S/C18H31F3N4O/c1-22-16(23-12-15(26)24(2)14-18(19,20)21)25-11-7-10-17(13-25)8-5-3-4-6-9-17/h3-14H2,1-2H3,(H,22,23). The molecule has 1 N–H and O–H groups in total. The lowest BCUT2D eigenvalue weighted by Crippen LogP contribution is -2.52. The summed E-state index contributed by atoms with van der Waals surface area (Å²) in [6, 6.07) is 0. The highest BCUT2D eigenvalue weighted by atomic mass is 19.4. The van der Waals surface area contributed by atoms with E-state index in [1.54, 1.807) is 7.05 Å². The lowest BCUT2D eigenvalue weighted by atomic mass is 9.74. The average molecular weight is 376 g/mol. The highest BCUT2D eigenvalue weighted by molar-refractivity contribution is 5.86. The molecule has 0 aromatic carbocycles. The van der Waals surface area contributed by atoms with E-state index in [4.69, 9.17) is 0 Å². The molecule has 1 saturated carbocycles. The first-order chi connectivity index (χ1) is 12.2. The van der Waals surface area contributed by atoms with Crippen LogP contribution in [0.1, 0.15) is 51.4 Å². The lowest BCUT2D eigenvalue weighted by molar-refractivity contribution is -0.157. The third-order valence-electron chi connectivity index (χ3n) is 5.58. The van der Waals surface area contributed by atoms with E-state index in [-0.39, 0.29) is 6.54 Å². The van der Waals surface area contributed by atoms with Crippen molar-refractivity contribution in [1.82, 2.24) is 15.1 Å². The van der Waals surface area contributed by atoms with Crippen LogP contribution >= 0.6 is 0 Å². The summed E-state index contributed by atoms with van der Waals surface area (Å²) in [4.78, 5) is 19.1. The monoisotopic (exact) mass is 376 g/mol. The van der Waals surface area contributed by atoms with Gasteiger partial charge in [0.05, 0.1) is 6.54 Å². The topological polar surface area (TPSA) is 47.9 Å². The van der Waals surface area contributed by atoms with Crippen LogP contribution < -0.4 is 5.32 Å². The molecule has 1 saturated heterocycles. The Balaban J connectivity index is 1.90. The van der Waals surface area contributed by atoms with Crippen molar-refractivity contribution < 1.29 is 18.0 Å². The summed E-state index contributed by atoms with van der Waals surface area (Å²) in [5, 5.41) is 2.96. The summed E-state index contributed by atoms with van der Waals surface area (Å²) >= 11 is 0. The van der Waals surface area contributed by atoms with E-state index in [0.29, 0.717) is 16.3 Å². The predicted molar refractivity (Wildman–Crippen MR) is 96.0 cm³/mol. The zero-order valence-corrected chi connectivity index (χ0v) is 15.9. The molecular weight excluding hydrogens is 345 g/mol. The summed E-state index contributed by atoms with van der Waals surface area (Å²) in [6.45, 7) is 0.370. The van der Waals surface area contributed by atoms with Gasteiger partial charge in [-0.25, -0.2) is 0 Å². The molecule has 0 atom stereocenters. The molecule has 0 aromatic heterocycles. The van der Waals surface area contributed by atoms with Gasteiger partial charge in [0, 0.05) is 27.2 Å². The second-order valence-corrected chi connectivity index (χ2v) is 7.71. The van der Waals surface area contributed by atoms with Crippen molar-refractivity contribution in [3.05, 3.63) is 0 Å². The summed E-state index contributed by atoms with van der Waals surface area (Å²) in [5.74, 6) is 0.0201. The van der Waals surface area contributed by atoms with Crippen molar-refractivity contribution in [3.63, 3.8) is 0 Å². The predicted octanol–water partition coefficient (Wildman–Crippen LogP) is 3.02. The number of guanidine groups is 1. The first-order valence-corrected chi connectivity index (χ1v) is 9.51. The molecule has 150 valence electrons. The number of hydrogen-bond acceptors (Lipinski definition) is 2. The maximum atomic E-state index is 12.4. The van der Waals surface area contributed by atoms with Gasteiger partial charge in [-0.3, -0.25) is 9.79 Å². The van der Waals surface area contributed by atoms with Crippen LogP contribution in [-0.4, -0.2) is 68.1 Å². The molecule has 0 aromatic rings. The van der Waals surface area contributed by atoms with Crippen LogP contribution in [0, 0.1) is 5.41 Å². The number of hydrogen-bond donors (Lipinski definition) is 1. The van der Waals surface area contributed by atoms with Crippen molar-refractivity contribution in [2.24, 2.45) is 10.4 Å². The Bertz CT molecular complexity index is 499. The summed E-state index contributed by atoms with van der Waals surface area (Å²) in [5.41, 5.74) is 0.323. The normalized spacial score (nSPS) is 21.4. The Labute approximate surface area is 154 Å². The van der Waals surface area contributed by atoms with E-state index < -0.39 is 18.6 Å². The number of likely N-dealkylation sites (N-methyl/N-ethyl adjacent to an activating group) is 1. The number of amides is 1. The van der Waals surface area contributed by atoms with Gasteiger partial charge in [-0.2, -0.15) is 13.2 Å². The zero-order valence-electron chi connectivity index (χ0n) is 15.9. The van der Waals surface area contributed by atoms with Crippen LogP contribution in [0.15, 0.2) is 4.99 Å². The molecule has 1 amide bonds. The fourth-order valence-corrected chi connectivity index (χ4v) is 4.25. The number of carbonyl (C=O) groups excluding carboxylic acids is 1. The molecule has 8 heteroatoms. The average Bonchev–Trinajstić information content (AvgIpc) is 2.79. The maximum Gasteiger partial charge on any atom is 0.406 e. The van der Waals surface area contributed by atoms with Gasteiger partial charge in [0.1, 0.15) is 6.54 Å². The Morgan fingerprint density at radius 2 is 1.77 bits per heavy atom. The summed E-state index contributed by atoms with van der Waals surface area (Å²) < 4.78 is 37.2. The number of alkyl halides is 3. The third kappa shape index (κ3) is 6.06. The molecule has 0 bridgehead atoms. The largest absolute Gasteiger partial charge is 0.406 e. The quantitative estimate of drug-likeness (QED) is 0.608. The highest BCUT2D eigenvalue weighted by Crippen LogP contribution is 2.42. The van der Waals surface area contributed by atoms with Gasteiger partial charge in [-0.05, 0) is 31.1 Å². The molecule has 1 heterocycles. The molecule has 1 spiro atoms. The van der Waals surface area contributed by atoms with Gasteiger partial charge < -0.3 is 15.1 Å². The van der Waals surface area contributed by atoms with Crippen LogP contribution in [-0.2, 0) is 4.79 Å². The molecule has 2 rings (SSSR count). The van der Waals surface area contributed by atoms with E-state index in [2.05, 4.69) is 15.2 Å². The van der Waals surface area contributed by atoms with Crippen molar-refractivity contribution >= 4 is 11.9 Å². The van der Waals surface area contributed by atoms with Gasteiger partial charge in [-0.1, -0.05) is 25.7 Å². The van der Waals surface area contributed by atoms with E-state index >= 15 is 0 Å². The molecule has 5 nitrogen and oxygen atoms in total. The van der Waals surface area contributed by atoms with Gasteiger partial charge in [-0.15, -0.1) is 0 Å². The van der Waals surface area contributed by atoms with Crippen molar-refractivity contribution in [2.75, 3.05) is 40.3 Å². The number of piperidine rings is 1. The fraction of sp³-hybridized carbons (Fsp3) is 0.889. The Hall–Kier alpha value is -1.47. The van der Waals surface area contributed by atoms with Crippen molar-refractivity contribution in [2.45, 2.75) is 57.5 Å². The van der Waals surface area contributed by atoms with E-state index in [9.17, 15) is 18.0 Å². The number of nitrogens with zero attached hydrogens (tertiary/aromatic N) is 3. The van der Waals surface area contributed by atoms with Crippen LogP contribution in [0.25, 0.3) is 0 Å². The Morgan fingerprint density at radius 3 is 2.35 bits per heavy atom. The highest BCUT2D eigenvalue weighted by Gasteiger charge is 2.37. The Morgan fingerprint density at radius 1 is 1.15 bits per heavy atom. The molecule has 1 aliphatic carbocycles.